The monoisotopic (exact) mass is 238 g/mol. The minimum Gasteiger partial charge on any atom is -0.357 e. The SMILES string of the molecule is CNc1ncc(F)c(N2CCCC2C(C)C)n1. The van der Waals surface area contributed by atoms with Gasteiger partial charge in [0.1, 0.15) is 0 Å². The summed E-state index contributed by atoms with van der Waals surface area (Å²) >= 11 is 0. The Morgan fingerprint density at radius 2 is 2.29 bits per heavy atom. The van der Waals surface area contributed by atoms with Crippen LogP contribution in [0.25, 0.3) is 0 Å². The Morgan fingerprint density at radius 3 is 2.94 bits per heavy atom. The van der Waals surface area contributed by atoms with Gasteiger partial charge in [0.15, 0.2) is 11.6 Å². The first-order valence-corrected chi connectivity index (χ1v) is 6.10. The second kappa shape index (κ2) is 4.85. The van der Waals surface area contributed by atoms with Crippen LogP contribution in [0.2, 0.25) is 0 Å². The summed E-state index contributed by atoms with van der Waals surface area (Å²) in [6, 6.07) is 0.379. The van der Waals surface area contributed by atoms with Crippen molar-refractivity contribution >= 4 is 11.8 Å². The second-order valence-electron chi connectivity index (χ2n) is 4.76. The fourth-order valence-electron chi connectivity index (χ4n) is 2.43. The average Bonchev–Trinajstić information content (AvgIpc) is 2.78. The van der Waals surface area contributed by atoms with Crippen LogP contribution < -0.4 is 10.2 Å². The van der Waals surface area contributed by atoms with E-state index in [1.54, 1.807) is 7.05 Å². The molecule has 94 valence electrons. The Balaban J connectivity index is 2.32. The highest BCUT2D eigenvalue weighted by Crippen LogP contribution is 2.30. The highest BCUT2D eigenvalue weighted by atomic mass is 19.1. The van der Waals surface area contributed by atoms with E-state index in [1.165, 1.54) is 6.20 Å². The molecule has 1 aromatic rings. The zero-order valence-electron chi connectivity index (χ0n) is 10.6. The summed E-state index contributed by atoms with van der Waals surface area (Å²) in [4.78, 5) is 10.2. The third-order valence-corrected chi connectivity index (χ3v) is 3.29. The van der Waals surface area contributed by atoms with E-state index in [-0.39, 0.29) is 5.82 Å². The summed E-state index contributed by atoms with van der Waals surface area (Å²) in [6.45, 7) is 5.21. The number of anilines is 2. The van der Waals surface area contributed by atoms with Gasteiger partial charge in [0.2, 0.25) is 5.95 Å². The molecule has 1 atom stereocenters. The fourth-order valence-corrected chi connectivity index (χ4v) is 2.43. The van der Waals surface area contributed by atoms with Gasteiger partial charge in [-0.15, -0.1) is 0 Å². The molecule has 1 unspecified atom stereocenters. The van der Waals surface area contributed by atoms with Gasteiger partial charge in [-0.3, -0.25) is 0 Å². The molecule has 1 saturated heterocycles. The lowest BCUT2D eigenvalue weighted by Crippen LogP contribution is -2.34. The predicted octanol–water partition coefficient (Wildman–Crippen LogP) is 2.28. The Labute approximate surface area is 101 Å². The van der Waals surface area contributed by atoms with Gasteiger partial charge in [-0.1, -0.05) is 13.8 Å². The maximum Gasteiger partial charge on any atom is 0.224 e. The maximum atomic E-state index is 13.8. The largest absolute Gasteiger partial charge is 0.357 e. The van der Waals surface area contributed by atoms with Crippen LogP contribution in [0.15, 0.2) is 6.20 Å². The number of halogens is 1. The number of nitrogens with one attached hydrogen (secondary N) is 1. The van der Waals surface area contributed by atoms with Crippen molar-refractivity contribution < 1.29 is 4.39 Å². The van der Waals surface area contributed by atoms with Gasteiger partial charge in [-0.25, -0.2) is 9.37 Å². The van der Waals surface area contributed by atoms with Crippen molar-refractivity contribution in [1.29, 1.82) is 0 Å². The van der Waals surface area contributed by atoms with Crippen molar-refractivity contribution in [1.82, 2.24) is 9.97 Å². The van der Waals surface area contributed by atoms with Crippen molar-refractivity contribution in [3.63, 3.8) is 0 Å². The number of nitrogens with zero attached hydrogens (tertiary/aromatic N) is 3. The van der Waals surface area contributed by atoms with Crippen molar-refractivity contribution in [3.05, 3.63) is 12.0 Å². The van der Waals surface area contributed by atoms with Crippen LogP contribution in [0.4, 0.5) is 16.2 Å². The predicted molar refractivity (Wildman–Crippen MR) is 66.7 cm³/mol. The molecule has 0 aliphatic carbocycles. The average molecular weight is 238 g/mol. The van der Waals surface area contributed by atoms with Gasteiger partial charge in [0.25, 0.3) is 0 Å². The molecule has 1 aliphatic heterocycles. The Morgan fingerprint density at radius 1 is 1.53 bits per heavy atom. The molecule has 1 aromatic heterocycles. The number of rotatable bonds is 3. The quantitative estimate of drug-likeness (QED) is 0.877. The van der Waals surface area contributed by atoms with E-state index in [0.717, 1.165) is 19.4 Å². The molecule has 2 rings (SSSR count). The van der Waals surface area contributed by atoms with Gasteiger partial charge in [-0.2, -0.15) is 4.98 Å². The third kappa shape index (κ3) is 2.33. The molecule has 1 fully saturated rings. The first-order chi connectivity index (χ1) is 8.13. The van der Waals surface area contributed by atoms with E-state index < -0.39 is 0 Å². The summed E-state index contributed by atoms with van der Waals surface area (Å²) in [5.74, 6) is 1.07. The van der Waals surface area contributed by atoms with Crippen molar-refractivity contribution in [2.24, 2.45) is 5.92 Å². The number of hydrogen-bond donors (Lipinski definition) is 1. The summed E-state index contributed by atoms with van der Waals surface area (Å²) < 4.78 is 13.8. The second-order valence-corrected chi connectivity index (χ2v) is 4.76. The Kier molecular flexibility index (Phi) is 3.45. The van der Waals surface area contributed by atoms with Crippen LogP contribution in [-0.4, -0.2) is 29.6 Å². The van der Waals surface area contributed by atoms with E-state index >= 15 is 0 Å². The Bertz CT molecular complexity index is 394. The van der Waals surface area contributed by atoms with Gasteiger partial charge in [0.05, 0.1) is 6.20 Å². The molecular weight excluding hydrogens is 219 g/mol. The smallest absolute Gasteiger partial charge is 0.224 e. The lowest BCUT2D eigenvalue weighted by molar-refractivity contribution is 0.482. The molecule has 1 N–H and O–H groups in total. The highest BCUT2D eigenvalue weighted by Gasteiger charge is 2.30. The van der Waals surface area contributed by atoms with Gasteiger partial charge in [0, 0.05) is 19.6 Å². The zero-order chi connectivity index (χ0) is 12.4. The van der Waals surface area contributed by atoms with Crippen LogP contribution in [-0.2, 0) is 0 Å². The molecular formula is C12H19FN4. The highest BCUT2D eigenvalue weighted by molar-refractivity contribution is 5.45. The molecule has 0 spiro atoms. The van der Waals surface area contributed by atoms with E-state index in [1.807, 2.05) is 0 Å². The van der Waals surface area contributed by atoms with Crippen LogP contribution in [0, 0.1) is 11.7 Å². The summed E-state index contributed by atoms with van der Waals surface area (Å²) in [6.07, 6.45) is 3.45. The van der Waals surface area contributed by atoms with E-state index in [9.17, 15) is 4.39 Å². The first kappa shape index (κ1) is 12.1. The third-order valence-electron chi connectivity index (χ3n) is 3.29. The number of hydrogen-bond acceptors (Lipinski definition) is 4. The van der Waals surface area contributed by atoms with E-state index in [4.69, 9.17) is 0 Å². The normalized spacial score (nSPS) is 20.1. The van der Waals surface area contributed by atoms with E-state index in [0.29, 0.717) is 23.7 Å². The summed E-state index contributed by atoms with van der Waals surface area (Å²) in [5.41, 5.74) is 0. The van der Waals surface area contributed by atoms with Gasteiger partial charge >= 0.3 is 0 Å². The van der Waals surface area contributed by atoms with Crippen LogP contribution in [0.3, 0.4) is 0 Å². The minimum absolute atomic E-state index is 0.337. The molecule has 0 amide bonds. The standard InChI is InChI=1S/C12H19FN4/c1-8(2)10-5-4-6-17(10)11-9(13)7-15-12(14-3)16-11/h7-8,10H,4-6H2,1-3H3,(H,14,15,16). The molecule has 0 saturated carbocycles. The number of aromatic nitrogens is 2. The summed E-state index contributed by atoms with van der Waals surface area (Å²) in [5, 5.41) is 2.85. The lowest BCUT2D eigenvalue weighted by Gasteiger charge is -2.28. The van der Waals surface area contributed by atoms with Gasteiger partial charge < -0.3 is 10.2 Å². The van der Waals surface area contributed by atoms with Crippen LogP contribution in [0.1, 0.15) is 26.7 Å². The minimum atomic E-state index is -0.337. The van der Waals surface area contributed by atoms with Crippen molar-refractivity contribution in [3.8, 4) is 0 Å². The molecule has 4 nitrogen and oxygen atoms in total. The fraction of sp³-hybridized carbons (Fsp3) is 0.667. The maximum absolute atomic E-state index is 13.8. The van der Waals surface area contributed by atoms with Crippen molar-refractivity contribution in [2.75, 3.05) is 23.8 Å². The molecule has 0 radical (unpaired) electrons. The van der Waals surface area contributed by atoms with Crippen molar-refractivity contribution in [2.45, 2.75) is 32.7 Å². The first-order valence-electron chi connectivity index (χ1n) is 6.10. The molecule has 0 aromatic carbocycles. The lowest BCUT2D eigenvalue weighted by atomic mass is 10.0. The topological polar surface area (TPSA) is 41.1 Å². The zero-order valence-corrected chi connectivity index (χ0v) is 10.6. The van der Waals surface area contributed by atoms with E-state index in [2.05, 4.69) is 34.0 Å². The molecule has 0 bridgehead atoms. The molecule has 5 heteroatoms. The van der Waals surface area contributed by atoms with Crippen LogP contribution in [0.5, 0.6) is 0 Å². The van der Waals surface area contributed by atoms with Crippen LogP contribution >= 0.6 is 0 Å². The molecule has 1 aliphatic rings. The van der Waals surface area contributed by atoms with Gasteiger partial charge in [-0.05, 0) is 18.8 Å². The molecule has 2 heterocycles. The molecule has 17 heavy (non-hydrogen) atoms. The Hall–Kier alpha value is -1.39. The summed E-state index contributed by atoms with van der Waals surface area (Å²) in [7, 11) is 1.74.